The minimum Gasteiger partial charge on any atom is -0.462 e. The molecule has 0 aromatic heterocycles. The number of hydrogen-bond donors (Lipinski definition) is 0. The Morgan fingerprint density at radius 2 is 2.38 bits per heavy atom. The van der Waals surface area contributed by atoms with E-state index in [1.54, 1.807) is 13.0 Å². The molecule has 3 heteroatoms. The normalized spacial score (nSPS) is 17.9. The summed E-state index contributed by atoms with van der Waals surface area (Å²) in [4.78, 5) is 22.7. The Morgan fingerprint density at radius 3 is 3.06 bits per heavy atom. The van der Waals surface area contributed by atoms with Gasteiger partial charge in [-0.2, -0.15) is 0 Å². The molecule has 16 heavy (non-hydrogen) atoms. The number of benzene rings is 1. The predicted octanol–water partition coefficient (Wildman–Crippen LogP) is 2.09. The van der Waals surface area contributed by atoms with Crippen LogP contribution in [-0.4, -0.2) is 18.9 Å². The summed E-state index contributed by atoms with van der Waals surface area (Å²) in [6.45, 7) is 2.13. The van der Waals surface area contributed by atoms with Crippen molar-refractivity contribution in [3.63, 3.8) is 0 Å². The molecular formula is C13H14O3. The van der Waals surface area contributed by atoms with Crippen LogP contribution in [0.15, 0.2) is 18.2 Å². The summed E-state index contributed by atoms with van der Waals surface area (Å²) in [5.74, 6) is -0.469. The zero-order valence-corrected chi connectivity index (χ0v) is 9.23. The number of esters is 1. The standard InChI is InChI=1S/C13H14O3/c1-2-16-13(15)11-5-3-4-9-6-7-10(8-14)12(9)11/h3-5,8,10H,2,6-7H2,1H3. The molecule has 3 nitrogen and oxygen atoms in total. The maximum atomic E-state index is 11.7. The van der Waals surface area contributed by atoms with Gasteiger partial charge in [0.1, 0.15) is 6.29 Å². The summed E-state index contributed by atoms with van der Waals surface area (Å²) in [5.41, 5.74) is 2.52. The number of rotatable bonds is 3. The Kier molecular flexibility index (Phi) is 3.04. The summed E-state index contributed by atoms with van der Waals surface area (Å²) >= 11 is 0. The summed E-state index contributed by atoms with van der Waals surface area (Å²) < 4.78 is 4.99. The molecule has 0 saturated carbocycles. The van der Waals surface area contributed by atoms with Gasteiger partial charge in [-0.1, -0.05) is 12.1 Å². The first-order valence-corrected chi connectivity index (χ1v) is 5.52. The van der Waals surface area contributed by atoms with Crippen molar-refractivity contribution in [1.29, 1.82) is 0 Å². The third-order valence-corrected chi connectivity index (χ3v) is 2.95. The average Bonchev–Trinajstić information content (AvgIpc) is 2.72. The van der Waals surface area contributed by atoms with Gasteiger partial charge in [0.25, 0.3) is 0 Å². The molecule has 0 spiro atoms. The van der Waals surface area contributed by atoms with E-state index in [2.05, 4.69) is 0 Å². The lowest BCUT2D eigenvalue weighted by Crippen LogP contribution is -2.10. The van der Waals surface area contributed by atoms with Crippen LogP contribution in [0.3, 0.4) is 0 Å². The van der Waals surface area contributed by atoms with Crippen molar-refractivity contribution >= 4 is 12.3 Å². The summed E-state index contributed by atoms with van der Waals surface area (Å²) in [5, 5.41) is 0. The second kappa shape index (κ2) is 4.47. The summed E-state index contributed by atoms with van der Waals surface area (Å²) in [6.07, 6.45) is 2.59. The van der Waals surface area contributed by atoms with E-state index in [1.165, 1.54) is 0 Å². The van der Waals surface area contributed by atoms with Crippen LogP contribution in [0.25, 0.3) is 0 Å². The van der Waals surface area contributed by atoms with Crippen LogP contribution in [0, 0.1) is 0 Å². The largest absolute Gasteiger partial charge is 0.462 e. The Labute approximate surface area is 94.4 Å². The van der Waals surface area contributed by atoms with Crippen molar-refractivity contribution in [3.05, 3.63) is 34.9 Å². The number of aldehydes is 1. The Bertz CT molecular complexity index is 423. The van der Waals surface area contributed by atoms with Gasteiger partial charge in [-0.05, 0) is 37.0 Å². The van der Waals surface area contributed by atoms with Crippen LogP contribution < -0.4 is 0 Å². The van der Waals surface area contributed by atoms with Crippen LogP contribution in [-0.2, 0) is 16.0 Å². The monoisotopic (exact) mass is 218 g/mol. The van der Waals surface area contributed by atoms with Gasteiger partial charge in [0.2, 0.25) is 0 Å². The molecule has 0 saturated heterocycles. The predicted molar refractivity (Wildman–Crippen MR) is 59.5 cm³/mol. The molecule has 1 aromatic rings. The van der Waals surface area contributed by atoms with Gasteiger partial charge in [-0.25, -0.2) is 4.79 Å². The molecule has 1 unspecified atom stereocenters. The molecular weight excluding hydrogens is 204 g/mol. The van der Waals surface area contributed by atoms with Crippen LogP contribution in [0.4, 0.5) is 0 Å². The van der Waals surface area contributed by atoms with Gasteiger partial charge in [0.05, 0.1) is 12.2 Å². The van der Waals surface area contributed by atoms with E-state index in [1.807, 2.05) is 12.1 Å². The van der Waals surface area contributed by atoms with Crippen molar-refractivity contribution in [2.45, 2.75) is 25.7 Å². The molecule has 1 aliphatic rings. The van der Waals surface area contributed by atoms with E-state index in [0.717, 1.165) is 30.3 Å². The highest BCUT2D eigenvalue weighted by atomic mass is 16.5. The summed E-state index contributed by atoms with van der Waals surface area (Å²) in [6, 6.07) is 5.55. The van der Waals surface area contributed by atoms with Gasteiger partial charge in [-0.3, -0.25) is 0 Å². The van der Waals surface area contributed by atoms with E-state index in [-0.39, 0.29) is 11.9 Å². The fraction of sp³-hybridized carbons (Fsp3) is 0.385. The topological polar surface area (TPSA) is 43.4 Å². The quantitative estimate of drug-likeness (QED) is 0.576. The molecule has 84 valence electrons. The zero-order chi connectivity index (χ0) is 11.5. The van der Waals surface area contributed by atoms with E-state index in [9.17, 15) is 9.59 Å². The SMILES string of the molecule is CCOC(=O)c1cccc2c1C(C=O)CC2. The van der Waals surface area contributed by atoms with Gasteiger partial charge >= 0.3 is 5.97 Å². The Hall–Kier alpha value is -1.64. The van der Waals surface area contributed by atoms with E-state index in [0.29, 0.717) is 12.2 Å². The van der Waals surface area contributed by atoms with Gasteiger partial charge in [-0.15, -0.1) is 0 Å². The first-order chi connectivity index (χ1) is 7.77. The molecule has 0 fully saturated rings. The maximum absolute atomic E-state index is 11.7. The number of carbonyl (C=O) groups excluding carboxylic acids is 2. The Morgan fingerprint density at radius 1 is 1.56 bits per heavy atom. The highest BCUT2D eigenvalue weighted by molar-refractivity contribution is 5.93. The molecule has 0 bridgehead atoms. The first-order valence-electron chi connectivity index (χ1n) is 5.52. The van der Waals surface area contributed by atoms with Gasteiger partial charge < -0.3 is 9.53 Å². The Balaban J connectivity index is 2.43. The smallest absolute Gasteiger partial charge is 0.338 e. The van der Waals surface area contributed by atoms with E-state index in [4.69, 9.17) is 4.74 Å². The van der Waals surface area contributed by atoms with Crippen molar-refractivity contribution in [2.75, 3.05) is 6.61 Å². The molecule has 0 amide bonds. The number of hydrogen-bond acceptors (Lipinski definition) is 3. The molecule has 0 radical (unpaired) electrons. The highest BCUT2D eigenvalue weighted by Gasteiger charge is 2.27. The van der Waals surface area contributed by atoms with Gasteiger partial charge in [0.15, 0.2) is 0 Å². The molecule has 0 aliphatic heterocycles. The molecule has 2 rings (SSSR count). The summed E-state index contributed by atoms with van der Waals surface area (Å²) in [7, 11) is 0. The number of carbonyl (C=O) groups is 2. The van der Waals surface area contributed by atoms with E-state index < -0.39 is 0 Å². The van der Waals surface area contributed by atoms with Crippen molar-refractivity contribution < 1.29 is 14.3 Å². The molecule has 0 heterocycles. The number of fused-ring (bicyclic) bond motifs is 1. The highest BCUT2D eigenvalue weighted by Crippen LogP contribution is 2.34. The van der Waals surface area contributed by atoms with Crippen LogP contribution >= 0.6 is 0 Å². The number of ether oxygens (including phenoxy) is 1. The lowest BCUT2D eigenvalue weighted by atomic mass is 9.97. The van der Waals surface area contributed by atoms with Crippen molar-refractivity contribution in [2.24, 2.45) is 0 Å². The fourth-order valence-electron chi connectivity index (χ4n) is 2.25. The van der Waals surface area contributed by atoms with Crippen molar-refractivity contribution in [1.82, 2.24) is 0 Å². The first kappa shape index (κ1) is 10.9. The van der Waals surface area contributed by atoms with Crippen LogP contribution in [0.1, 0.15) is 40.7 Å². The van der Waals surface area contributed by atoms with Crippen LogP contribution in [0.2, 0.25) is 0 Å². The third kappa shape index (κ3) is 1.73. The third-order valence-electron chi connectivity index (χ3n) is 2.95. The maximum Gasteiger partial charge on any atom is 0.338 e. The fourth-order valence-corrected chi connectivity index (χ4v) is 2.25. The minimum atomic E-state index is -0.326. The molecule has 1 aliphatic carbocycles. The van der Waals surface area contributed by atoms with Crippen LogP contribution in [0.5, 0.6) is 0 Å². The lowest BCUT2D eigenvalue weighted by Gasteiger charge is -2.10. The molecule has 1 atom stereocenters. The zero-order valence-electron chi connectivity index (χ0n) is 9.23. The minimum absolute atomic E-state index is 0.143. The van der Waals surface area contributed by atoms with Crippen molar-refractivity contribution in [3.8, 4) is 0 Å². The number of aryl methyl sites for hydroxylation is 1. The van der Waals surface area contributed by atoms with E-state index >= 15 is 0 Å². The second-order valence-corrected chi connectivity index (χ2v) is 3.88. The average molecular weight is 218 g/mol. The van der Waals surface area contributed by atoms with Gasteiger partial charge in [0, 0.05) is 5.92 Å². The lowest BCUT2D eigenvalue weighted by molar-refractivity contribution is -0.109. The molecule has 0 N–H and O–H groups in total. The second-order valence-electron chi connectivity index (χ2n) is 3.88. The molecule has 1 aromatic carbocycles.